The van der Waals surface area contributed by atoms with Gasteiger partial charge >= 0.3 is 0 Å². The van der Waals surface area contributed by atoms with Gasteiger partial charge in [-0.2, -0.15) is 0 Å². The van der Waals surface area contributed by atoms with E-state index in [1.54, 1.807) is 0 Å². The molecular formula is C32H59N. The Morgan fingerprint density at radius 1 is 0.333 bits per heavy atom. The van der Waals surface area contributed by atoms with Crippen molar-refractivity contribution >= 4 is 0 Å². The van der Waals surface area contributed by atoms with Crippen molar-refractivity contribution in [3.05, 3.63) is 0 Å². The lowest BCUT2D eigenvalue weighted by Gasteiger charge is -2.01. The quantitative estimate of drug-likeness (QED) is 0.0863. The first-order valence-electron chi connectivity index (χ1n) is 15.1. The van der Waals surface area contributed by atoms with Crippen LogP contribution in [0.15, 0.2) is 0 Å². The van der Waals surface area contributed by atoms with Crippen LogP contribution in [0.2, 0.25) is 0 Å². The number of hydrogen-bond donors (Lipinski definition) is 1. The van der Waals surface area contributed by atoms with Crippen molar-refractivity contribution in [2.45, 2.75) is 181 Å². The molecule has 0 saturated carbocycles. The molecule has 0 aliphatic heterocycles. The molecular weight excluding hydrogens is 398 g/mol. The van der Waals surface area contributed by atoms with E-state index in [-0.39, 0.29) is 0 Å². The van der Waals surface area contributed by atoms with Crippen LogP contribution in [0.4, 0.5) is 0 Å². The SMILES string of the molecule is CCCCCCCCCCCCCCC#CNC#CCCCCCCCCCCCCCC. The molecule has 0 aromatic carbocycles. The molecule has 0 saturated heterocycles. The number of rotatable bonds is 24. The second kappa shape index (κ2) is 30.9. The highest BCUT2D eigenvalue weighted by molar-refractivity contribution is 5.07. The van der Waals surface area contributed by atoms with E-state index in [1.807, 2.05) is 0 Å². The van der Waals surface area contributed by atoms with E-state index >= 15 is 0 Å². The molecule has 0 rings (SSSR count). The molecule has 33 heavy (non-hydrogen) atoms. The maximum Gasteiger partial charge on any atom is 0.0171 e. The highest BCUT2D eigenvalue weighted by Gasteiger charge is 1.94. The van der Waals surface area contributed by atoms with E-state index in [9.17, 15) is 0 Å². The largest absolute Gasteiger partial charge is 0.274 e. The number of nitrogens with one attached hydrogen (secondary N) is 1. The molecule has 1 N–H and O–H groups in total. The van der Waals surface area contributed by atoms with E-state index in [0.29, 0.717) is 0 Å². The Kier molecular flexibility index (Phi) is 29.9. The molecule has 1 nitrogen and oxygen atoms in total. The first kappa shape index (κ1) is 31.9. The summed E-state index contributed by atoms with van der Waals surface area (Å²) in [5.41, 5.74) is 0. The summed E-state index contributed by atoms with van der Waals surface area (Å²) >= 11 is 0. The van der Waals surface area contributed by atoms with Gasteiger partial charge in [0.2, 0.25) is 0 Å². The smallest absolute Gasteiger partial charge is 0.0171 e. The van der Waals surface area contributed by atoms with E-state index in [2.05, 4.69) is 43.1 Å². The fourth-order valence-corrected chi connectivity index (χ4v) is 4.35. The number of unbranched alkanes of at least 4 members (excludes halogenated alkanes) is 24. The Morgan fingerprint density at radius 2 is 0.576 bits per heavy atom. The van der Waals surface area contributed by atoms with E-state index in [4.69, 9.17) is 0 Å². The summed E-state index contributed by atoms with van der Waals surface area (Å²) in [6.07, 6.45) is 35.6. The van der Waals surface area contributed by atoms with Gasteiger partial charge in [0.1, 0.15) is 0 Å². The average molecular weight is 458 g/mol. The summed E-state index contributed by atoms with van der Waals surface area (Å²) in [7, 11) is 0. The van der Waals surface area contributed by atoms with Gasteiger partial charge in [-0.25, -0.2) is 0 Å². The van der Waals surface area contributed by atoms with Crippen molar-refractivity contribution in [2.24, 2.45) is 0 Å². The molecule has 0 bridgehead atoms. The molecule has 1 heteroatoms. The zero-order valence-corrected chi connectivity index (χ0v) is 22.9. The Bertz CT molecular complexity index is 428. The van der Waals surface area contributed by atoms with Crippen LogP contribution in [0.25, 0.3) is 0 Å². The van der Waals surface area contributed by atoms with Gasteiger partial charge in [0.25, 0.3) is 0 Å². The van der Waals surface area contributed by atoms with Crippen molar-refractivity contribution < 1.29 is 0 Å². The topological polar surface area (TPSA) is 12.0 Å². The fourth-order valence-electron chi connectivity index (χ4n) is 4.35. The standard InChI is InChI=1S/C32H59N/c1-3-5-7-9-11-13-15-17-19-21-23-25-27-29-31-33-32-30-28-26-24-22-20-18-16-14-12-10-8-6-4-2/h33H,3-28H2,1-2H3. The average Bonchev–Trinajstić information content (AvgIpc) is 2.83. The van der Waals surface area contributed by atoms with Gasteiger partial charge in [-0.1, -0.05) is 167 Å². The molecule has 0 spiro atoms. The zero-order chi connectivity index (χ0) is 23.9. The summed E-state index contributed by atoms with van der Waals surface area (Å²) in [6, 6.07) is 6.00. The molecule has 0 aromatic rings. The molecule has 0 fully saturated rings. The Morgan fingerprint density at radius 3 is 0.848 bits per heavy atom. The highest BCUT2D eigenvalue weighted by Crippen LogP contribution is 2.13. The minimum Gasteiger partial charge on any atom is -0.274 e. The van der Waals surface area contributed by atoms with Gasteiger partial charge in [0, 0.05) is 24.9 Å². The van der Waals surface area contributed by atoms with Crippen molar-refractivity contribution in [2.75, 3.05) is 0 Å². The van der Waals surface area contributed by atoms with Crippen molar-refractivity contribution in [3.63, 3.8) is 0 Å². The van der Waals surface area contributed by atoms with Gasteiger partial charge in [-0.05, 0) is 12.8 Å². The van der Waals surface area contributed by atoms with Crippen LogP contribution in [0, 0.1) is 23.9 Å². The van der Waals surface area contributed by atoms with Gasteiger partial charge in [0.15, 0.2) is 0 Å². The second-order valence-corrected chi connectivity index (χ2v) is 10.0. The Balaban J connectivity index is 3.20. The minimum atomic E-state index is 1.00. The summed E-state index contributed by atoms with van der Waals surface area (Å²) in [4.78, 5) is 0. The van der Waals surface area contributed by atoms with Crippen LogP contribution in [0.3, 0.4) is 0 Å². The summed E-state index contributed by atoms with van der Waals surface area (Å²) in [5, 5.41) is 2.95. The Labute approximate surface area is 210 Å². The molecule has 0 aliphatic rings. The van der Waals surface area contributed by atoms with Crippen molar-refractivity contribution in [1.82, 2.24) is 5.32 Å². The zero-order valence-electron chi connectivity index (χ0n) is 22.9. The predicted octanol–water partition coefficient (Wildman–Crippen LogP) is 10.7. The van der Waals surface area contributed by atoms with Crippen molar-refractivity contribution in [1.29, 1.82) is 0 Å². The highest BCUT2D eigenvalue weighted by atomic mass is 14.8. The maximum absolute atomic E-state index is 3.21. The molecule has 0 aliphatic carbocycles. The molecule has 192 valence electrons. The van der Waals surface area contributed by atoms with E-state index < -0.39 is 0 Å². The lowest BCUT2D eigenvalue weighted by Crippen LogP contribution is -1.93. The lowest BCUT2D eigenvalue weighted by molar-refractivity contribution is 0.545. The summed E-state index contributed by atoms with van der Waals surface area (Å²) in [6.45, 7) is 4.58. The van der Waals surface area contributed by atoms with Crippen LogP contribution in [-0.4, -0.2) is 0 Å². The van der Waals surface area contributed by atoms with Crippen LogP contribution in [-0.2, 0) is 0 Å². The Hall–Kier alpha value is -1.08. The third-order valence-corrected chi connectivity index (χ3v) is 6.61. The fraction of sp³-hybridized carbons (Fsp3) is 0.875. The first-order valence-corrected chi connectivity index (χ1v) is 15.1. The maximum atomic E-state index is 3.21. The van der Waals surface area contributed by atoms with Crippen molar-refractivity contribution in [3.8, 4) is 23.9 Å². The normalized spacial score (nSPS) is 10.4. The third-order valence-electron chi connectivity index (χ3n) is 6.61. The molecule has 0 aromatic heterocycles. The van der Waals surface area contributed by atoms with Gasteiger partial charge in [-0.3, -0.25) is 5.32 Å². The van der Waals surface area contributed by atoms with Crippen LogP contribution < -0.4 is 5.32 Å². The van der Waals surface area contributed by atoms with Crippen LogP contribution >= 0.6 is 0 Å². The molecule has 0 radical (unpaired) electrons. The minimum absolute atomic E-state index is 1.00. The second-order valence-electron chi connectivity index (χ2n) is 10.0. The molecule has 0 amide bonds. The van der Waals surface area contributed by atoms with Gasteiger partial charge in [-0.15, -0.1) is 0 Å². The summed E-state index contributed by atoms with van der Waals surface area (Å²) < 4.78 is 0. The van der Waals surface area contributed by atoms with Gasteiger partial charge < -0.3 is 0 Å². The number of hydrogen-bond acceptors (Lipinski definition) is 1. The third kappa shape index (κ3) is 30.9. The van der Waals surface area contributed by atoms with Gasteiger partial charge in [0.05, 0.1) is 0 Å². The molecule has 0 heterocycles. The van der Waals surface area contributed by atoms with E-state index in [1.165, 1.54) is 154 Å². The van der Waals surface area contributed by atoms with Crippen LogP contribution in [0.1, 0.15) is 181 Å². The molecule has 0 unspecified atom stereocenters. The van der Waals surface area contributed by atoms with E-state index in [0.717, 1.165) is 12.8 Å². The lowest BCUT2D eigenvalue weighted by atomic mass is 10.0. The molecule has 0 atom stereocenters. The summed E-state index contributed by atoms with van der Waals surface area (Å²) in [5.74, 6) is 6.41. The first-order chi connectivity index (χ1) is 16.4. The monoisotopic (exact) mass is 457 g/mol. The predicted molar refractivity (Wildman–Crippen MR) is 150 cm³/mol. The van der Waals surface area contributed by atoms with Crippen LogP contribution in [0.5, 0.6) is 0 Å².